The highest BCUT2D eigenvalue weighted by Gasteiger charge is 2.20. The fourth-order valence-corrected chi connectivity index (χ4v) is 2.73. The molecule has 0 aliphatic heterocycles. The van der Waals surface area contributed by atoms with Crippen LogP contribution in [0.1, 0.15) is 18.4 Å². The molecule has 0 saturated heterocycles. The predicted octanol–water partition coefficient (Wildman–Crippen LogP) is 4.37. The third-order valence-corrected chi connectivity index (χ3v) is 4.27. The predicted molar refractivity (Wildman–Crippen MR) is 76.8 cm³/mol. The Balaban J connectivity index is 1.68. The van der Waals surface area contributed by atoms with E-state index < -0.39 is 0 Å². The van der Waals surface area contributed by atoms with E-state index in [0.717, 1.165) is 10.5 Å². The molecule has 1 N–H and O–H groups in total. The fraction of sp³-hybridized carbons (Fsp3) is 0.250. The maximum atomic E-state index is 14.0. The second-order valence-corrected chi connectivity index (χ2v) is 6.09. The van der Waals surface area contributed by atoms with Crippen molar-refractivity contribution in [2.75, 3.05) is 0 Å². The Labute approximate surface area is 121 Å². The summed E-state index contributed by atoms with van der Waals surface area (Å²) in [6.07, 6.45) is 2.45. The van der Waals surface area contributed by atoms with Gasteiger partial charge in [-0.05, 0) is 54.8 Å². The van der Waals surface area contributed by atoms with Crippen LogP contribution in [0.2, 0.25) is 0 Å². The van der Waals surface area contributed by atoms with Crippen LogP contribution in [-0.2, 0) is 6.54 Å². The van der Waals surface area contributed by atoms with Gasteiger partial charge in [-0.2, -0.15) is 0 Å². The lowest BCUT2D eigenvalue weighted by molar-refractivity contribution is 0.595. The van der Waals surface area contributed by atoms with Gasteiger partial charge in [-0.25, -0.2) is 8.78 Å². The Kier molecular flexibility index (Phi) is 4.03. The Bertz CT molecular complexity index is 594. The Morgan fingerprint density at radius 2 is 1.80 bits per heavy atom. The first kappa shape index (κ1) is 13.6. The topological polar surface area (TPSA) is 12.0 Å². The van der Waals surface area contributed by atoms with E-state index in [1.807, 2.05) is 6.07 Å². The van der Waals surface area contributed by atoms with Crippen LogP contribution in [-0.4, -0.2) is 6.04 Å². The third-order valence-electron chi connectivity index (χ3n) is 3.21. The largest absolute Gasteiger partial charge is 0.310 e. The highest BCUT2D eigenvalue weighted by Crippen LogP contribution is 2.30. The van der Waals surface area contributed by atoms with E-state index in [1.54, 1.807) is 24.3 Å². The summed E-state index contributed by atoms with van der Waals surface area (Å²) in [5, 5.41) is 3.36. The van der Waals surface area contributed by atoms with E-state index in [1.165, 1.54) is 36.7 Å². The minimum atomic E-state index is -0.281. The van der Waals surface area contributed by atoms with Gasteiger partial charge in [0, 0.05) is 22.4 Å². The first-order valence-electron chi connectivity index (χ1n) is 6.66. The van der Waals surface area contributed by atoms with Crippen LogP contribution in [0.3, 0.4) is 0 Å². The molecule has 1 fully saturated rings. The van der Waals surface area contributed by atoms with Gasteiger partial charge in [0.25, 0.3) is 0 Å². The zero-order chi connectivity index (χ0) is 13.9. The van der Waals surface area contributed by atoms with Crippen LogP contribution in [0.4, 0.5) is 8.78 Å². The summed E-state index contributed by atoms with van der Waals surface area (Å²) >= 11 is 1.31. The normalized spacial score (nSPS) is 14.5. The number of hydrogen-bond donors (Lipinski definition) is 1. The van der Waals surface area contributed by atoms with Gasteiger partial charge in [0.15, 0.2) is 0 Å². The van der Waals surface area contributed by atoms with Crippen LogP contribution >= 0.6 is 11.8 Å². The maximum absolute atomic E-state index is 14.0. The summed E-state index contributed by atoms with van der Waals surface area (Å²) in [6.45, 7) is 0.711. The first-order chi connectivity index (χ1) is 9.70. The third kappa shape index (κ3) is 3.58. The van der Waals surface area contributed by atoms with Crippen molar-refractivity contribution in [1.82, 2.24) is 5.32 Å². The van der Waals surface area contributed by atoms with Crippen molar-refractivity contribution in [3.63, 3.8) is 0 Å². The highest BCUT2D eigenvalue weighted by atomic mass is 32.2. The number of hydrogen-bond acceptors (Lipinski definition) is 2. The van der Waals surface area contributed by atoms with E-state index in [-0.39, 0.29) is 11.6 Å². The molecule has 1 nitrogen and oxygen atoms in total. The summed E-state index contributed by atoms with van der Waals surface area (Å²) in [5.41, 5.74) is 0.956. The van der Waals surface area contributed by atoms with Crippen LogP contribution in [0, 0.1) is 11.6 Å². The van der Waals surface area contributed by atoms with Gasteiger partial charge in [-0.3, -0.25) is 0 Å². The van der Waals surface area contributed by atoms with E-state index in [4.69, 9.17) is 0 Å². The Hall–Kier alpha value is -1.39. The molecule has 0 unspecified atom stereocenters. The summed E-state index contributed by atoms with van der Waals surface area (Å²) in [6, 6.07) is 12.0. The van der Waals surface area contributed by atoms with Gasteiger partial charge in [-0.1, -0.05) is 17.8 Å². The molecule has 1 aliphatic rings. The molecular formula is C16H15F2NS. The van der Waals surface area contributed by atoms with E-state index in [2.05, 4.69) is 5.32 Å². The lowest BCUT2D eigenvalue weighted by Crippen LogP contribution is -2.15. The molecule has 3 rings (SSSR count). The van der Waals surface area contributed by atoms with Crippen LogP contribution in [0.15, 0.2) is 52.3 Å². The van der Waals surface area contributed by atoms with Crippen molar-refractivity contribution in [2.45, 2.75) is 35.2 Å². The van der Waals surface area contributed by atoms with Gasteiger partial charge in [0.05, 0.1) is 0 Å². The second-order valence-electron chi connectivity index (χ2n) is 4.98. The second kappa shape index (κ2) is 5.94. The zero-order valence-corrected chi connectivity index (χ0v) is 11.7. The summed E-state index contributed by atoms with van der Waals surface area (Å²) in [7, 11) is 0. The minimum absolute atomic E-state index is 0.227. The molecular weight excluding hydrogens is 276 g/mol. The van der Waals surface area contributed by atoms with Gasteiger partial charge < -0.3 is 5.32 Å². The Morgan fingerprint density at radius 1 is 1.05 bits per heavy atom. The van der Waals surface area contributed by atoms with E-state index >= 15 is 0 Å². The first-order valence-corrected chi connectivity index (χ1v) is 7.47. The molecule has 0 spiro atoms. The number of benzene rings is 2. The minimum Gasteiger partial charge on any atom is -0.310 e. The maximum Gasteiger partial charge on any atom is 0.137 e. The van der Waals surface area contributed by atoms with Crippen molar-refractivity contribution in [2.24, 2.45) is 0 Å². The molecule has 0 atom stereocenters. The molecule has 0 heterocycles. The number of rotatable bonds is 5. The van der Waals surface area contributed by atoms with Gasteiger partial charge in [0.2, 0.25) is 0 Å². The van der Waals surface area contributed by atoms with E-state index in [0.29, 0.717) is 17.5 Å². The van der Waals surface area contributed by atoms with E-state index in [9.17, 15) is 8.78 Å². The zero-order valence-electron chi connectivity index (χ0n) is 10.9. The molecule has 0 aromatic heterocycles. The average molecular weight is 291 g/mol. The molecule has 2 aromatic carbocycles. The van der Waals surface area contributed by atoms with Crippen LogP contribution in [0.5, 0.6) is 0 Å². The van der Waals surface area contributed by atoms with Crippen LogP contribution < -0.4 is 5.32 Å². The molecule has 0 bridgehead atoms. The van der Waals surface area contributed by atoms with Crippen molar-refractivity contribution >= 4 is 11.8 Å². The lowest BCUT2D eigenvalue weighted by atomic mass is 10.2. The number of nitrogens with one attached hydrogen (secondary N) is 1. The molecule has 1 aliphatic carbocycles. The van der Waals surface area contributed by atoms with Crippen molar-refractivity contribution < 1.29 is 8.78 Å². The Morgan fingerprint density at radius 3 is 2.45 bits per heavy atom. The van der Waals surface area contributed by atoms with Gasteiger partial charge in [-0.15, -0.1) is 0 Å². The van der Waals surface area contributed by atoms with Crippen LogP contribution in [0.25, 0.3) is 0 Å². The van der Waals surface area contributed by atoms with Crippen molar-refractivity contribution in [1.29, 1.82) is 0 Å². The van der Waals surface area contributed by atoms with Gasteiger partial charge in [0.1, 0.15) is 11.6 Å². The molecule has 0 radical (unpaired) electrons. The average Bonchev–Trinajstić information content (AvgIpc) is 3.26. The molecule has 0 amide bonds. The SMILES string of the molecule is Fc1ccc(Sc2ccc(CNC3CC3)cc2F)cc1. The lowest BCUT2D eigenvalue weighted by Gasteiger charge is -2.07. The molecule has 4 heteroatoms. The van der Waals surface area contributed by atoms with Gasteiger partial charge >= 0.3 is 0 Å². The monoisotopic (exact) mass is 291 g/mol. The standard InChI is InChI=1S/C16H15F2NS/c17-12-2-6-14(7-3-12)20-16-8-1-11(9-15(16)18)10-19-13-4-5-13/h1-3,6-9,13,19H,4-5,10H2. The molecule has 104 valence electrons. The smallest absolute Gasteiger partial charge is 0.137 e. The fourth-order valence-electron chi connectivity index (χ4n) is 1.92. The summed E-state index contributed by atoms with van der Waals surface area (Å²) in [4.78, 5) is 1.39. The highest BCUT2D eigenvalue weighted by molar-refractivity contribution is 7.99. The molecule has 1 saturated carbocycles. The van der Waals surface area contributed by atoms with Crippen molar-refractivity contribution in [3.05, 3.63) is 59.7 Å². The quantitative estimate of drug-likeness (QED) is 0.878. The molecule has 2 aromatic rings. The summed E-state index contributed by atoms with van der Waals surface area (Å²) < 4.78 is 26.9. The number of halogens is 2. The van der Waals surface area contributed by atoms with Crippen molar-refractivity contribution in [3.8, 4) is 0 Å². The molecule has 20 heavy (non-hydrogen) atoms. The summed E-state index contributed by atoms with van der Waals surface area (Å²) in [5.74, 6) is -0.509.